The molecule has 1 aliphatic heterocycles. The highest BCUT2D eigenvalue weighted by Crippen LogP contribution is 2.41. The standard InChI is InChI=1S/C25H20FNO5/c26-19-7-14(12-27)6-17(9-19)20-10-18(8-16-4-5-30-24(16)20)22-13-31-21-3-1-2-15(11-23(28)29)25(21)32-22/h1-10,22H,11-13,27H2,(H,28,29). The van der Waals surface area contributed by atoms with E-state index in [0.717, 1.165) is 10.9 Å². The molecule has 3 aromatic carbocycles. The van der Waals surface area contributed by atoms with E-state index in [9.17, 15) is 14.3 Å². The predicted octanol–water partition coefficient (Wildman–Crippen LogP) is 4.84. The zero-order valence-electron chi connectivity index (χ0n) is 17.0. The summed E-state index contributed by atoms with van der Waals surface area (Å²) in [4.78, 5) is 11.3. The fraction of sp³-hybridized carbons (Fsp3) is 0.160. The first-order valence-electron chi connectivity index (χ1n) is 10.2. The lowest BCUT2D eigenvalue weighted by Gasteiger charge is -2.28. The lowest BCUT2D eigenvalue weighted by Crippen LogP contribution is -2.23. The van der Waals surface area contributed by atoms with Gasteiger partial charge >= 0.3 is 5.97 Å². The van der Waals surface area contributed by atoms with Crippen molar-refractivity contribution in [2.45, 2.75) is 19.1 Å². The second-order valence-corrected chi connectivity index (χ2v) is 7.69. The molecule has 0 fully saturated rings. The van der Waals surface area contributed by atoms with Gasteiger partial charge in [-0.25, -0.2) is 4.39 Å². The van der Waals surface area contributed by atoms with Crippen molar-refractivity contribution in [2.24, 2.45) is 5.73 Å². The maximum atomic E-state index is 14.2. The first kappa shape index (κ1) is 20.1. The number of rotatable bonds is 5. The van der Waals surface area contributed by atoms with Crippen LogP contribution in [0.15, 0.2) is 65.3 Å². The van der Waals surface area contributed by atoms with Crippen LogP contribution in [0.5, 0.6) is 11.5 Å². The third kappa shape index (κ3) is 3.67. The highest BCUT2D eigenvalue weighted by atomic mass is 19.1. The Hall–Kier alpha value is -3.84. The number of carbonyl (C=O) groups is 1. The van der Waals surface area contributed by atoms with Gasteiger partial charge in [0.05, 0.1) is 12.7 Å². The second-order valence-electron chi connectivity index (χ2n) is 7.69. The Bertz CT molecular complexity index is 1330. The molecule has 0 spiro atoms. The topological polar surface area (TPSA) is 94.9 Å². The molecular weight excluding hydrogens is 413 g/mol. The summed E-state index contributed by atoms with van der Waals surface area (Å²) in [6, 6.07) is 15.6. The van der Waals surface area contributed by atoms with Crippen LogP contribution in [0.3, 0.4) is 0 Å². The Balaban J connectivity index is 1.58. The van der Waals surface area contributed by atoms with Crippen molar-refractivity contribution < 1.29 is 28.2 Å². The van der Waals surface area contributed by atoms with E-state index >= 15 is 0 Å². The number of para-hydroxylation sites is 1. The molecule has 4 aromatic rings. The van der Waals surface area contributed by atoms with Crippen molar-refractivity contribution in [1.82, 2.24) is 0 Å². The van der Waals surface area contributed by atoms with Gasteiger partial charge in [0, 0.05) is 23.1 Å². The molecule has 1 atom stereocenters. The molecule has 2 heterocycles. The van der Waals surface area contributed by atoms with Crippen molar-refractivity contribution in [3.8, 4) is 22.6 Å². The third-order valence-electron chi connectivity index (χ3n) is 5.50. The van der Waals surface area contributed by atoms with Gasteiger partial charge in [-0.2, -0.15) is 0 Å². The number of fused-ring (bicyclic) bond motifs is 2. The van der Waals surface area contributed by atoms with Gasteiger partial charge < -0.3 is 24.7 Å². The van der Waals surface area contributed by atoms with E-state index < -0.39 is 12.1 Å². The fourth-order valence-corrected chi connectivity index (χ4v) is 4.05. The fourth-order valence-electron chi connectivity index (χ4n) is 4.05. The molecule has 0 saturated carbocycles. The minimum atomic E-state index is -0.951. The smallest absolute Gasteiger partial charge is 0.307 e. The molecular formula is C25H20FNO5. The van der Waals surface area contributed by atoms with Gasteiger partial charge in [0.25, 0.3) is 0 Å². The van der Waals surface area contributed by atoms with Crippen molar-refractivity contribution >= 4 is 16.9 Å². The van der Waals surface area contributed by atoms with Crippen molar-refractivity contribution in [3.63, 3.8) is 0 Å². The van der Waals surface area contributed by atoms with Crippen LogP contribution < -0.4 is 15.2 Å². The molecule has 5 rings (SSSR count). The zero-order valence-corrected chi connectivity index (χ0v) is 17.0. The molecule has 1 aliphatic rings. The molecule has 0 amide bonds. The van der Waals surface area contributed by atoms with Crippen LogP contribution in [0.2, 0.25) is 0 Å². The van der Waals surface area contributed by atoms with Crippen LogP contribution >= 0.6 is 0 Å². The molecule has 1 aromatic heterocycles. The average molecular weight is 433 g/mol. The minimum absolute atomic E-state index is 0.170. The van der Waals surface area contributed by atoms with E-state index in [0.29, 0.717) is 39.3 Å². The van der Waals surface area contributed by atoms with Gasteiger partial charge in [0.2, 0.25) is 0 Å². The lowest BCUT2D eigenvalue weighted by molar-refractivity contribution is -0.136. The molecule has 0 radical (unpaired) electrons. The van der Waals surface area contributed by atoms with E-state index in [4.69, 9.17) is 19.6 Å². The average Bonchev–Trinajstić information content (AvgIpc) is 3.26. The lowest BCUT2D eigenvalue weighted by atomic mass is 9.96. The number of benzene rings is 3. The van der Waals surface area contributed by atoms with Crippen molar-refractivity contribution in [2.75, 3.05) is 6.61 Å². The first-order valence-corrected chi connectivity index (χ1v) is 10.2. The van der Waals surface area contributed by atoms with Crippen LogP contribution in [0.4, 0.5) is 4.39 Å². The molecule has 0 saturated heterocycles. The molecule has 3 N–H and O–H groups in total. The molecule has 162 valence electrons. The summed E-state index contributed by atoms with van der Waals surface area (Å²) in [6.45, 7) is 0.470. The number of carboxylic acid groups (broad SMARTS) is 1. The number of furan rings is 1. The zero-order chi connectivity index (χ0) is 22.2. The number of hydrogen-bond donors (Lipinski definition) is 2. The summed E-state index contributed by atoms with van der Waals surface area (Å²) < 4.78 is 32.0. The van der Waals surface area contributed by atoms with Crippen LogP contribution in [-0.4, -0.2) is 17.7 Å². The Kier molecular flexibility index (Phi) is 5.03. The van der Waals surface area contributed by atoms with E-state index in [1.807, 2.05) is 24.3 Å². The highest BCUT2D eigenvalue weighted by Gasteiger charge is 2.27. The summed E-state index contributed by atoms with van der Waals surface area (Å²) >= 11 is 0. The Morgan fingerprint density at radius 2 is 2.03 bits per heavy atom. The number of nitrogens with two attached hydrogens (primary N) is 1. The third-order valence-corrected chi connectivity index (χ3v) is 5.50. The number of ether oxygens (including phenoxy) is 2. The molecule has 0 aliphatic carbocycles. The molecule has 0 bridgehead atoms. The summed E-state index contributed by atoms with van der Waals surface area (Å²) in [5.74, 6) is -0.385. The number of halogens is 1. The van der Waals surface area contributed by atoms with Gasteiger partial charge in [-0.15, -0.1) is 0 Å². The van der Waals surface area contributed by atoms with E-state index in [2.05, 4.69) is 0 Å². The van der Waals surface area contributed by atoms with E-state index in [1.165, 1.54) is 12.1 Å². The number of hydrogen-bond acceptors (Lipinski definition) is 5. The maximum Gasteiger partial charge on any atom is 0.307 e. The van der Waals surface area contributed by atoms with Crippen molar-refractivity contribution in [3.05, 3.63) is 83.4 Å². The molecule has 6 nitrogen and oxygen atoms in total. The SMILES string of the molecule is NCc1cc(F)cc(-c2cc(C3COc4cccc(CC(=O)O)c4O3)cc3ccoc23)c1. The summed E-state index contributed by atoms with van der Waals surface area (Å²) in [5.41, 5.74) is 9.75. The van der Waals surface area contributed by atoms with Crippen LogP contribution in [0.1, 0.15) is 22.8 Å². The van der Waals surface area contributed by atoms with Crippen LogP contribution in [-0.2, 0) is 17.8 Å². The van der Waals surface area contributed by atoms with Gasteiger partial charge in [-0.05, 0) is 59.2 Å². The van der Waals surface area contributed by atoms with Crippen LogP contribution in [0, 0.1) is 5.82 Å². The summed E-state index contributed by atoms with van der Waals surface area (Å²) in [6.07, 6.45) is 0.939. The Morgan fingerprint density at radius 1 is 1.16 bits per heavy atom. The normalized spacial score (nSPS) is 15.1. The van der Waals surface area contributed by atoms with Gasteiger partial charge in [-0.1, -0.05) is 12.1 Å². The quantitative estimate of drug-likeness (QED) is 0.468. The number of aliphatic carboxylic acids is 1. The molecule has 32 heavy (non-hydrogen) atoms. The van der Waals surface area contributed by atoms with Gasteiger partial charge in [-0.3, -0.25) is 4.79 Å². The minimum Gasteiger partial charge on any atom is -0.485 e. The van der Waals surface area contributed by atoms with Gasteiger partial charge in [0.1, 0.15) is 18.0 Å². The summed E-state index contributed by atoms with van der Waals surface area (Å²) in [7, 11) is 0. The first-order chi connectivity index (χ1) is 15.5. The van der Waals surface area contributed by atoms with Gasteiger partial charge in [0.15, 0.2) is 17.6 Å². The second kappa shape index (κ2) is 8.01. The Morgan fingerprint density at radius 3 is 2.84 bits per heavy atom. The van der Waals surface area contributed by atoms with E-state index in [1.54, 1.807) is 24.5 Å². The highest BCUT2D eigenvalue weighted by molar-refractivity contribution is 5.93. The molecule has 7 heteroatoms. The maximum absolute atomic E-state index is 14.2. The largest absolute Gasteiger partial charge is 0.485 e. The Labute approximate surface area is 183 Å². The van der Waals surface area contributed by atoms with E-state index in [-0.39, 0.29) is 25.4 Å². The summed E-state index contributed by atoms with van der Waals surface area (Å²) in [5, 5.41) is 10.1. The number of carboxylic acids is 1. The predicted molar refractivity (Wildman–Crippen MR) is 116 cm³/mol. The van der Waals surface area contributed by atoms with Crippen LogP contribution in [0.25, 0.3) is 22.1 Å². The monoisotopic (exact) mass is 433 g/mol. The molecule has 1 unspecified atom stereocenters. The van der Waals surface area contributed by atoms with Crippen molar-refractivity contribution in [1.29, 1.82) is 0 Å².